The quantitative estimate of drug-likeness (QED) is 0.653. The van der Waals surface area contributed by atoms with Crippen molar-refractivity contribution in [2.24, 2.45) is 0 Å². The SMILES string of the molecule is CC1(Oc2ccc3c(c2)[C@H](c2cc(N4CCC(n5cncn5)CC4)ncn2)NN3)CC1. The van der Waals surface area contributed by atoms with Crippen molar-refractivity contribution in [1.29, 1.82) is 0 Å². The number of benzene rings is 1. The maximum absolute atomic E-state index is 6.17. The van der Waals surface area contributed by atoms with Crippen LogP contribution in [-0.4, -0.2) is 43.4 Å². The molecule has 9 heteroatoms. The number of fused-ring (bicyclic) bond motifs is 1. The number of nitrogens with one attached hydrogen (secondary N) is 2. The lowest BCUT2D eigenvalue weighted by Gasteiger charge is -2.32. The molecule has 1 atom stereocenters. The number of aromatic nitrogens is 5. The number of piperidine rings is 1. The van der Waals surface area contributed by atoms with Crippen molar-refractivity contribution in [3.05, 3.63) is 54.5 Å². The summed E-state index contributed by atoms with van der Waals surface area (Å²) in [5.74, 6) is 1.88. The van der Waals surface area contributed by atoms with Crippen LogP contribution in [0, 0.1) is 0 Å². The fraction of sp³-hybridized carbons (Fsp3) is 0.455. The van der Waals surface area contributed by atoms with Gasteiger partial charge in [0.2, 0.25) is 0 Å². The third-order valence-corrected chi connectivity index (χ3v) is 6.57. The standard InChI is InChI=1S/C22H26N8O/c1-22(6-7-22)31-16-2-3-18-17(10-16)21(28-27-18)19-11-20(25-13-24-19)29-8-4-15(5-9-29)30-14-23-12-26-30/h2-3,10-15,21,27-28H,4-9H2,1H3/t21-/m1/s1. The van der Waals surface area contributed by atoms with Crippen LogP contribution in [0.25, 0.3) is 0 Å². The Labute approximate surface area is 180 Å². The highest BCUT2D eigenvalue weighted by Gasteiger charge is 2.40. The molecule has 6 rings (SSSR count). The summed E-state index contributed by atoms with van der Waals surface area (Å²) in [5, 5.41) is 4.29. The summed E-state index contributed by atoms with van der Waals surface area (Å²) in [5.41, 5.74) is 9.81. The van der Waals surface area contributed by atoms with E-state index in [1.807, 2.05) is 10.7 Å². The van der Waals surface area contributed by atoms with Gasteiger partial charge in [-0.05, 0) is 50.8 Å². The first-order valence-electron chi connectivity index (χ1n) is 10.9. The van der Waals surface area contributed by atoms with E-state index in [9.17, 15) is 0 Å². The Morgan fingerprint density at radius 1 is 1.10 bits per heavy atom. The molecule has 2 aliphatic heterocycles. The summed E-state index contributed by atoms with van der Waals surface area (Å²) in [7, 11) is 0. The second-order valence-corrected chi connectivity index (χ2v) is 8.90. The van der Waals surface area contributed by atoms with Gasteiger partial charge in [0.15, 0.2) is 0 Å². The highest BCUT2D eigenvalue weighted by molar-refractivity contribution is 5.61. The number of hydrogen-bond acceptors (Lipinski definition) is 8. The molecule has 1 aliphatic carbocycles. The fourth-order valence-corrected chi connectivity index (χ4v) is 4.44. The number of anilines is 2. The monoisotopic (exact) mass is 418 g/mol. The Balaban J connectivity index is 1.20. The van der Waals surface area contributed by atoms with Crippen LogP contribution in [-0.2, 0) is 0 Å². The van der Waals surface area contributed by atoms with Crippen LogP contribution in [0.3, 0.4) is 0 Å². The van der Waals surface area contributed by atoms with Crippen LogP contribution < -0.4 is 20.5 Å². The van der Waals surface area contributed by atoms with Gasteiger partial charge in [0, 0.05) is 24.7 Å². The summed E-state index contributed by atoms with van der Waals surface area (Å²) in [6.07, 6.45) is 9.35. The highest BCUT2D eigenvalue weighted by atomic mass is 16.5. The summed E-state index contributed by atoms with van der Waals surface area (Å²) in [4.78, 5) is 15.5. The third-order valence-electron chi connectivity index (χ3n) is 6.57. The van der Waals surface area contributed by atoms with E-state index < -0.39 is 0 Å². The molecule has 0 bridgehead atoms. The van der Waals surface area contributed by atoms with Crippen molar-refractivity contribution in [2.45, 2.75) is 50.3 Å². The van der Waals surface area contributed by atoms with Gasteiger partial charge in [-0.2, -0.15) is 5.10 Å². The topological polar surface area (TPSA) is 93.0 Å². The van der Waals surface area contributed by atoms with Crippen LogP contribution in [0.15, 0.2) is 43.2 Å². The normalized spacial score (nSPS) is 22.1. The lowest BCUT2D eigenvalue weighted by atomic mass is 10.0. The van der Waals surface area contributed by atoms with Gasteiger partial charge >= 0.3 is 0 Å². The molecule has 0 spiro atoms. The Kier molecular flexibility index (Phi) is 4.31. The molecule has 0 radical (unpaired) electrons. The van der Waals surface area contributed by atoms with Gasteiger partial charge in [0.25, 0.3) is 0 Å². The molecule has 0 unspecified atom stereocenters. The Bertz CT molecular complexity index is 1070. The second-order valence-electron chi connectivity index (χ2n) is 8.90. The summed E-state index contributed by atoms with van der Waals surface area (Å²) >= 11 is 0. The number of rotatable bonds is 5. The van der Waals surface area contributed by atoms with Gasteiger partial charge in [-0.25, -0.2) is 25.1 Å². The Morgan fingerprint density at radius 3 is 2.74 bits per heavy atom. The molecule has 2 aromatic heterocycles. The predicted molar refractivity (Wildman–Crippen MR) is 116 cm³/mol. The molecular formula is C22H26N8O. The van der Waals surface area contributed by atoms with Crippen molar-refractivity contribution >= 4 is 11.5 Å². The third kappa shape index (κ3) is 3.59. The van der Waals surface area contributed by atoms with Gasteiger partial charge < -0.3 is 15.1 Å². The molecule has 3 aromatic rings. The van der Waals surface area contributed by atoms with Gasteiger partial charge in [-0.15, -0.1) is 0 Å². The zero-order valence-corrected chi connectivity index (χ0v) is 17.5. The molecule has 3 aliphatic rings. The van der Waals surface area contributed by atoms with E-state index in [-0.39, 0.29) is 11.6 Å². The maximum Gasteiger partial charge on any atom is 0.137 e. The molecule has 160 valence electrons. The van der Waals surface area contributed by atoms with Crippen LogP contribution in [0.2, 0.25) is 0 Å². The molecular weight excluding hydrogens is 392 g/mol. The van der Waals surface area contributed by atoms with E-state index >= 15 is 0 Å². The average Bonchev–Trinajstić information content (AvgIpc) is 3.21. The number of hydrogen-bond donors (Lipinski definition) is 2. The molecule has 1 saturated carbocycles. The van der Waals surface area contributed by atoms with E-state index in [0.29, 0.717) is 6.04 Å². The fourth-order valence-electron chi connectivity index (χ4n) is 4.44. The van der Waals surface area contributed by atoms with Crippen molar-refractivity contribution < 1.29 is 4.74 Å². The maximum atomic E-state index is 6.17. The zero-order valence-electron chi connectivity index (χ0n) is 17.5. The lowest BCUT2D eigenvalue weighted by Crippen LogP contribution is -2.35. The highest BCUT2D eigenvalue weighted by Crippen LogP contribution is 2.42. The van der Waals surface area contributed by atoms with E-state index in [1.165, 1.54) is 0 Å². The van der Waals surface area contributed by atoms with Crippen LogP contribution in [0.5, 0.6) is 5.75 Å². The van der Waals surface area contributed by atoms with Crippen molar-refractivity contribution in [2.75, 3.05) is 23.4 Å². The molecule has 2 fully saturated rings. The molecule has 4 heterocycles. The Hall–Kier alpha value is -3.20. The summed E-state index contributed by atoms with van der Waals surface area (Å²) < 4.78 is 8.14. The molecule has 0 amide bonds. The minimum absolute atomic E-state index is 0.00361. The lowest BCUT2D eigenvalue weighted by molar-refractivity contribution is 0.200. The molecule has 31 heavy (non-hydrogen) atoms. The van der Waals surface area contributed by atoms with Crippen molar-refractivity contribution in [3.8, 4) is 5.75 Å². The van der Waals surface area contributed by atoms with E-state index in [4.69, 9.17) is 4.74 Å². The van der Waals surface area contributed by atoms with Gasteiger partial charge in [-0.3, -0.25) is 0 Å². The van der Waals surface area contributed by atoms with Crippen LogP contribution in [0.4, 0.5) is 11.5 Å². The number of hydrazine groups is 1. The molecule has 9 nitrogen and oxygen atoms in total. The van der Waals surface area contributed by atoms with E-state index in [2.05, 4.69) is 60.9 Å². The van der Waals surface area contributed by atoms with Gasteiger partial charge in [-0.1, -0.05) is 0 Å². The van der Waals surface area contributed by atoms with Gasteiger partial charge in [0.1, 0.15) is 36.2 Å². The minimum Gasteiger partial charge on any atom is -0.488 e. The summed E-state index contributed by atoms with van der Waals surface area (Å²) in [6, 6.07) is 8.69. The van der Waals surface area contributed by atoms with Gasteiger partial charge in [0.05, 0.1) is 23.5 Å². The largest absolute Gasteiger partial charge is 0.488 e. The minimum atomic E-state index is -0.0417. The van der Waals surface area contributed by atoms with E-state index in [1.54, 1.807) is 19.0 Å². The van der Waals surface area contributed by atoms with Crippen LogP contribution >= 0.6 is 0 Å². The predicted octanol–water partition coefficient (Wildman–Crippen LogP) is 2.86. The summed E-state index contributed by atoms with van der Waals surface area (Å²) in [6.45, 7) is 4.03. The van der Waals surface area contributed by atoms with Crippen molar-refractivity contribution in [3.63, 3.8) is 0 Å². The first kappa shape index (κ1) is 18.6. The smallest absolute Gasteiger partial charge is 0.137 e. The van der Waals surface area contributed by atoms with E-state index in [0.717, 1.165) is 67.3 Å². The first-order valence-corrected chi connectivity index (χ1v) is 10.9. The molecule has 1 aromatic carbocycles. The average molecular weight is 419 g/mol. The number of ether oxygens (including phenoxy) is 1. The van der Waals surface area contributed by atoms with Crippen molar-refractivity contribution in [1.82, 2.24) is 30.2 Å². The molecule has 1 saturated heterocycles. The number of nitrogens with zero attached hydrogens (tertiary/aromatic N) is 6. The van der Waals surface area contributed by atoms with Crippen LogP contribution in [0.1, 0.15) is 55.9 Å². The first-order chi connectivity index (χ1) is 15.2. The zero-order chi connectivity index (χ0) is 20.8. The second kappa shape index (κ2) is 7.19. The Morgan fingerprint density at radius 2 is 1.97 bits per heavy atom. The molecule has 2 N–H and O–H groups in total.